The van der Waals surface area contributed by atoms with E-state index in [1.807, 2.05) is 42.3 Å². The summed E-state index contributed by atoms with van der Waals surface area (Å²) in [5, 5.41) is 8.96. The fourth-order valence-electron chi connectivity index (χ4n) is 1.89. The number of nitrogen functional groups attached to an aromatic ring is 1. The third kappa shape index (κ3) is 2.98. The van der Waals surface area contributed by atoms with Crippen molar-refractivity contribution in [3.8, 4) is 11.8 Å². The number of aromatic nitrogens is 1. The van der Waals surface area contributed by atoms with Gasteiger partial charge in [0.1, 0.15) is 17.6 Å². The van der Waals surface area contributed by atoms with Gasteiger partial charge in [0.2, 0.25) is 0 Å². The fourth-order valence-corrected chi connectivity index (χ4v) is 1.89. The summed E-state index contributed by atoms with van der Waals surface area (Å²) in [6, 6.07) is 13.3. The van der Waals surface area contributed by atoms with Gasteiger partial charge in [-0.05, 0) is 29.8 Å². The highest BCUT2D eigenvalue weighted by Crippen LogP contribution is 2.19. The van der Waals surface area contributed by atoms with Crippen molar-refractivity contribution < 1.29 is 4.74 Å². The lowest BCUT2D eigenvalue weighted by Gasteiger charge is -2.19. The molecule has 2 rings (SSSR count). The molecule has 0 aliphatic rings. The Hall–Kier alpha value is -2.74. The summed E-state index contributed by atoms with van der Waals surface area (Å²) in [5.74, 6) is 1.53. The molecule has 0 saturated heterocycles. The molecular formula is C15H16N4O. The minimum absolute atomic E-state index is 0.250. The van der Waals surface area contributed by atoms with Gasteiger partial charge in [-0.15, -0.1) is 0 Å². The Bertz CT molecular complexity index is 649. The van der Waals surface area contributed by atoms with Crippen LogP contribution in [0.25, 0.3) is 0 Å². The van der Waals surface area contributed by atoms with Crippen molar-refractivity contribution in [2.24, 2.45) is 0 Å². The Morgan fingerprint density at radius 1 is 1.35 bits per heavy atom. The van der Waals surface area contributed by atoms with Crippen molar-refractivity contribution in [1.29, 1.82) is 5.26 Å². The normalized spacial score (nSPS) is 9.85. The second-order valence-corrected chi connectivity index (χ2v) is 4.43. The molecule has 0 atom stereocenters. The average Bonchev–Trinajstić information content (AvgIpc) is 2.47. The van der Waals surface area contributed by atoms with Gasteiger partial charge in [-0.1, -0.05) is 12.1 Å². The highest BCUT2D eigenvalue weighted by atomic mass is 16.5. The molecule has 102 valence electrons. The summed E-state index contributed by atoms with van der Waals surface area (Å²) in [7, 11) is 3.56. The van der Waals surface area contributed by atoms with Gasteiger partial charge < -0.3 is 15.4 Å². The van der Waals surface area contributed by atoms with E-state index in [-0.39, 0.29) is 5.69 Å². The number of hydrogen-bond acceptors (Lipinski definition) is 5. The highest BCUT2D eigenvalue weighted by molar-refractivity contribution is 5.55. The van der Waals surface area contributed by atoms with E-state index in [1.54, 1.807) is 19.2 Å². The summed E-state index contributed by atoms with van der Waals surface area (Å²) in [6.45, 7) is 0.666. The van der Waals surface area contributed by atoms with Crippen LogP contribution in [0.5, 0.6) is 5.75 Å². The molecule has 1 aromatic carbocycles. The molecule has 0 radical (unpaired) electrons. The van der Waals surface area contributed by atoms with Gasteiger partial charge in [0.05, 0.1) is 12.8 Å². The zero-order valence-corrected chi connectivity index (χ0v) is 11.5. The lowest BCUT2D eigenvalue weighted by Crippen LogP contribution is -2.18. The Kier molecular flexibility index (Phi) is 4.06. The van der Waals surface area contributed by atoms with Crippen LogP contribution in [0.1, 0.15) is 11.3 Å². The molecule has 0 amide bonds. The highest BCUT2D eigenvalue weighted by Gasteiger charge is 2.07. The third-order valence-electron chi connectivity index (χ3n) is 2.96. The van der Waals surface area contributed by atoms with Gasteiger partial charge >= 0.3 is 0 Å². The van der Waals surface area contributed by atoms with E-state index in [2.05, 4.69) is 4.98 Å². The first-order chi connectivity index (χ1) is 9.63. The Morgan fingerprint density at radius 2 is 2.15 bits per heavy atom. The molecule has 1 aromatic heterocycles. The smallest absolute Gasteiger partial charge is 0.165 e. The standard InChI is InChI=1S/C15H16N4O/c1-19(10-11-4-3-5-12(8-11)20-2)15-7-6-13(17)14(9-16)18-15/h3-8H,10,17H2,1-2H3. The molecule has 0 aliphatic heterocycles. The summed E-state index contributed by atoms with van der Waals surface area (Å²) >= 11 is 0. The maximum atomic E-state index is 8.96. The van der Waals surface area contributed by atoms with Crippen molar-refractivity contribution in [2.45, 2.75) is 6.54 Å². The number of anilines is 2. The summed E-state index contributed by atoms with van der Waals surface area (Å²) in [6.07, 6.45) is 0. The zero-order chi connectivity index (χ0) is 14.5. The number of ether oxygens (including phenoxy) is 1. The molecule has 20 heavy (non-hydrogen) atoms. The van der Waals surface area contributed by atoms with Crippen LogP contribution in [0.3, 0.4) is 0 Å². The van der Waals surface area contributed by atoms with Gasteiger partial charge in [-0.2, -0.15) is 5.26 Å². The number of methoxy groups -OCH3 is 1. The van der Waals surface area contributed by atoms with Crippen LogP contribution in [-0.2, 0) is 6.54 Å². The number of nitriles is 1. The molecule has 0 fully saturated rings. The molecule has 0 unspecified atom stereocenters. The molecule has 5 heteroatoms. The van der Waals surface area contributed by atoms with Crippen molar-refractivity contribution in [3.63, 3.8) is 0 Å². The molecule has 2 aromatic rings. The molecule has 2 N–H and O–H groups in total. The lowest BCUT2D eigenvalue weighted by molar-refractivity contribution is 0.414. The first-order valence-electron chi connectivity index (χ1n) is 6.14. The number of nitrogens with zero attached hydrogens (tertiary/aromatic N) is 3. The van der Waals surface area contributed by atoms with Crippen LogP contribution in [0, 0.1) is 11.3 Å². The number of hydrogen-bond donors (Lipinski definition) is 1. The largest absolute Gasteiger partial charge is 0.497 e. The molecule has 0 bridgehead atoms. The van der Waals surface area contributed by atoms with Gasteiger partial charge in [0.25, 0.3) is 0 Å². The van der Waals surface area contributed by atoms with Crippen LogP contribution in [-0.4, -0.2) is 19.1 Å². The Morgan fingerprint density at radius 3 is 2.85 bits per heavy atom. The van der Waals surface area contributed by atoms with Crippen LogP contribution < -0.4 is 15.4 Å². The SMILES string of the molecule is COc1cccc(CN(C)c2ccc(N)c(C#N)n2)c1. The van der Waals surface area contributed by atoms with E-state index >= 15 is 0 Å². The maximum Gasteiger partial charge on any atom is 0.165 e. The lowest BCUT2D eigenvalue weighted by atomic mass is 10.2. The second-order valence-electron chi connectivity index (χ2n) is 4.43. The maximum absolute atomic E-state index is 8.96. The van der Waals surface area contributed by atoms with E-state index in [4.69, 9.17) is 15.7 Å². The molecule has 1 heterocycles. The first kappa shape index (κ1) is 13.7. The molecule has 0 saturated carbocycles. The van der Waals surface area contributed by atoms with Gasteiger partial charge in [-0.25, -0.2) is 4.98 Å². The van der Waals surface area contributed by atoms with Crippen molar-refractivity contribution in [1.82, 2.24) is 4.98 Å². The average molecular weight is 268 g/mol. The van der Waals surface area contributed by atoms with Crippen LogP contribution in [0.2, 0.25) is 0 Å². The summed E-state index contributed by atoms with van der Waals surface area (Å²) < 4.78 is 5.20. The summed E-state index contributed by atoms with van der Waals surface area (Å²) in [5.41, 5.74) is 7.42. The third-order valence-corrected chi connectivity index (χ3v) is 2.96. The minimum atomic E-state index is 0.250. The molecule has 0 spiro atoms. The monoisotopic (exact) mass is 268 g/mol. The number of nitrogens with two attached hydrogens (primary N) is 1. The molecule has 5 nitrogen and oxygen atoms in total. The van der Waals surface area contributed by atoms with Crippen LogP contribution in [0.15, 0.2) is 36.4 Å². The van der Waals surface area contributed by atoms with Crippen molar-refractivity contribution in [3.05, 3.63) is 47.7 Å². The van der Waals surface area contributed by atoms with Crippen molar-refractivity contribution in [2.75, 3.05) is 24.8 Å². The van der Waals surface area contributed by atoms with E-state index in [1.165, 1.54) is 0 Å². The number of rotatable bonds is 4. The van der Waals surface area contributed by atoms with E-state index in [0.29, 0.717) is 18.1 Å². The van der Waals surface area contributed by atoms with E-state index in [9.17, 15) is 0 Å². The topological polar surface area (TPSA) is 75.2 Å². The predicted octanol–water partition coefficient (Wildman–Crippen LogP) is 2.18. The number of pyridine rings is 1. The predicted molar refractivity (Wildman–Crippen MR) is 78.5 cm³/mol. The van der Waals surface area contributed by atoms with Gasteiger partial charge in [0, 0.05) is 13.6 Å². The van der Waals surface area contributed by atoms with Gasteiger partial charge in [0.15, 0.2) is 5.69 Å². The van der Waals surface area contributed by atoms with Crippen LogP contribution >= 0.6 is 0 Å². The molecule has 0 aliphatic carbocycles. The van der Waals surface area contributed by atoms with E-state index < -0.39 is 0 Å². The Labute approximate surface area is 118 Å². The fraction of sp³-hybridized carbons (Fsp3) is 0.200. The second kappa shape index (κ2) is 5.93. The number of benzene rings is 1. The Balaban J connectivity index is 2.19. The first-order valence-corrected chi connectivity index (χ1v) is 6.14. The van der Waals surface area contributed by atoms with Crippen LogP contribution in [0.4, 0.5) is 11.5 Å². The van der Waals surface area contributed by atoms with Crippen molar-refractivity contribution >= 4 is 11.5 Å². The zero-order valence-electron chi connectivity index (χ0n) is 11.5. The molecular weight excluding hydrogens is 252 g/mol. The van der Waals surface area contributed by atoms with Gasteiger partial charge in [-0.3, -0.25) is 0 Å². The quantitative estimate of drug-likeness (QED) is 0.919. The summed E-state index contributed by atoms with van der Waals surface area (Å²) in [4.78, 5) is 6.19. The van der Waals surface area contributed by atoms with E-state index in [0.717, 1.165) is 11.3 Å². The minimum Gasteiger partial charge on any atom is -0.497 e.